The van der Waals surface area contributed by atoms with Crippen molar-refractivity contribution >= 4 is 11.2 Å². The highest BCUT2D eigenvalue weighted by Gasteiger charge is 2.20. The van der Waals surface area contributed by atoms with E-state index in [-0.39, 0.29) is 0 Å². The molecule has 0 radical (unpaired) electrons. The Kier molecular flexibility index (Phi) is 3.64. The third-order valence-electron chi connectivity index (χ3n) is 4.20. The van der Waals surface area contributed by atoms with Crippen LogP contribution in [0.5, 0.6) is 0 Å². The van der Waals surface area contributed by atoms with Gasteiger partial charge in [-0.15, -0.1) is 0 Å². The molecule has 3 aromatic rings. The van der Waals surface area contributed by atoms with E-state index >= 15 is 0 Å². The maximum absolute atomic E-state index is 5.60. The Bertz CT molecular complexity index is 742. The van der Waals surface area contributed by atoms with Crippen LogP contribution in [-0.2, 0) is 17.7 Å². The van der Waals surface area contributed by atoms with Gasteiger partial charge in [-0.05, 0) is 43.0 Å². The molecule has 0 saturated carbocycles. The van der Waals surface area contributed by atoms with Gasteiger partial charge >= 0.3 is 0 Å². The number of pyridine rings is 1. The second-order valence-corrected chi connectivity index (χ2v) is 5.83. The zero-order valence-corrected chi connectivity index (χ0v) is 12.4. The Labute approximate surface area is 128 Å². The summed E-state index contributed by atoms with van der Waals surface area (Å²) >= 11 is 0. The quantitative estimate of drug-likeness (QED) is 0.742. The molecule has 3 aromatic heterocycles. The molecule has 1 atom stereocenters. The van der Waals surface area contributed by atoms with Crippen molar-refractivity contribution in [1.82, 2.24) is 14.5 Å². The van der Waals surface area contributed by atoms with Gasteiger partial charge in [-0.2, -0.15) is 0 Å². The van der Waals surface area contributed by atoms with Crippen LogP contribution in [0.15, 0.2) is 41.1 Å². The number of hydrogen-bond acceptors (Lipinski definition) is 4. The van der Waals surface area contributed by atoms with Crippen LogP contribution >= 0.6 is 0 Å². The van der Waals surface area contributed by atoms with Crippen LogP contribution in [0.1, 0.15) is 24.4 Å². The van der Waals surface area contributed by atoms with Crippen molar-refractivity contribution in [2.24, 2.45) is 5.92 Å². The average molecular weight is 297 g/mol. The van der Waals surface area contributed by atoms with Crippen molar-refractivity contribution in [2.45, 2.75) is 25.8 Å². The highest BCUT2D eigenvalue weighted by Crippen LogP contribution is 2.22. The zero-order valence-electron chi connectivity index (χ0n) is 12.4. The summed E-state index contributed by atoms with van der Waals surface area (Å²) < 4.78 is 13.3. The lowest BCUT2D eigenvalue weighted by atomic mass is 9.98. The van der Waals surface area contributed by atoms with Gasteiger partial charge in [0, 0.05) is 25.8 Å². The monoisotopic (exact) mass is 297 g/mol. The number of hydrogen-bond donors (Lipinski definition) is 0. The number of aromatic nitrogens is 3. The summed E-state index contributed by atoms with van der Waals surface area (Å²) in [6.07, 6.45) is 6.79. The predicted octanol–water partition coefficient (Wildman–Crippen LogP) is 3.04. The summed E-state index contributed by atoms with van der Waals surface area (Å²) in [7, 11) is 0. The summed E-state index contributed by atoms with van der Waals surface area (Å²) in [5.74, 6) is 2.53. The number of rotatable bonds is 4. The summed E-state index contributed by atoms with van der Waals surface area (Å²) in [6.45, 7) is 2.39. The molecule has 4 rings (SSSR count). The lowest BCUT2D eigenvalue weighted by Crippen LogP contribution is -2.21. The van der Waals surface area contributed by atoms with E-state index in [0.717, 1.165) is 48.8 Å². The first kappa shape index (κ1) is 13.5. The number of ether oxygens (including phenoxy) is 1. The minimum atomic E-state index is 0.543. The number of imidazole rings is 1. The van der Waals surface area contributed by atoms with Gasteiger partial charge in [-0.1, -0.05) is 0 Å². The standard InChI is InChI=1S/C17H19N3O2/c1-6-15-17(18-7-1)20(11-14-5-3-9-22-14)16(19-15)10-13-4-2-8-21-12-13/h1,3,5-7,9,13H,2,4,8,10-12H2. The van der Waals surface area contributed by atoms with E-state index in [2.05, 4.69) is 9.55 Å². The SMILES string of the molecule is c1coc(Cn2c(CC3CCCOC3)nc3cccnc32)c1. The van der Waals surface area contributed by atoms with Gasteiger partial charge in [0.1, 0.15) is 17.1 Å². The Hall–Kier alpha value is -2.14. The average Bonchev–Trinajstić information content (AvgIpc) is 3.18. The van der Waals surface area contributed by atoms with E-state index in [1.54, 1.807) is 6.26 Å². The molecule has 4 heterocycles. The minimum Gasteiger partial charge on any atom is -0.467 e. The van der Waals surface area contributed by atoms with E-state index in [1.807, 2.05) is 30.5 Å². The van der Waals surface area contributed by atoms with E-state index in [4.69, 9.17) is 14.1 Å². The van der Waals surface area contributed by atoms with Crippen LogP contribution in [-0.4, -0.2) is 27.7 Å². The molecule has 0 aromatic carbocycles. The molecule has 0 aliphatic carbocycles. The van der Waals surface area contributed by atoms with Crippen molar-refractivity contribution in [3.63, 3.8) is 0 Å². The molecule has 0 spiro atoms. The van der Waals surface area contributed by atoms with Crippen molar-refractivity contribution in [3.05, 3.63) is 48.3 Å². The van der Waals surface area contributed by atoms with Crippen LogP contribution in [0.2, 0.25) is 0 Å². The van der Waals surface area contributed by atoms with Crippen LogP contribution in [0.3, 0.4) is 0 Å². The fourth-order valence-corrected chi connectivity index (χ4v) is 3.11. The van der Waals surface area contributed by atoms with Crippen molar-refractivity contribution in [1.29, 1.82) is 0 Å². The lowest BCUT2D eigenvalue weighted by Gasteiger charge is -2.21. The molecule has 0 N–H and O–H groups in total. The van der Waals surface area contributed by atoms with Crippen molar-refractivity contribution < 1.29 is 9.15 Å². The normalized spacial score (nSPS) is 18.8. The molecule has 1 aliphatic rings. The molecule has 1 saturated heterocycles. The number of nitrogens with zero attached hydrogens (tertiary/aromatic N) is 3. The van der Waals surface area contributed by atoms with E-state index in [1.165, 1.54) is 6.42 Å². The summed E-state index contributed by atoms with van der Waals surface area (Å²) in [6, 6.07) is 7.85. The first-order valence-corrected chi connectivity index (χ1v) is 7.80. The molecule has 5 nitrogen and oxygen atoms in total. The molecule has 22 heavy (non-hydrogen) atoms. The van der Waals surface area contributed by atoms with Crippen molar-refractivity contribution in [2.75, 3.05) is 13.2 Å². The zero-order chi connectivity index (χ0) is 14.8. The highest BCUT2D eigenvalue weighted by molar-refractivity contribution is 5.71. The van der Waals surface area contributed by atoms with E-state index in [9.17, 15) is 0 Å². The van der Waals surface area contributed by atoms with Gasteiger partial charge in [-0.25, -0.2) is 9.97 Å². The van der Waals surface area contributed by atoms with Gasteiger partial charge in [0.2, 0.25) is 0 Å². The van der Waals surface area contributed by atoms with Crippen LogP contribution < -0.4 is 0 Å². The predicted molar refractivity (Wildman–Crippen MR) is 82.6 cm³/mol. The van der Waals surface area contributed by atoms with Crippen LogP contribution in [0.25, 0.3) is 11.2 Å². The van der Waals surface area contributed by atoms with Gasteiger partial charge in [0.05, 0.1) is 12.8 Å². The van der Waals surface area contributed by atoms with E-state index < -0.39 is 0 Å². The Balaban J connectivity index is 1.69. The second-order valence-electron chi connectivity index (χ2n) is 5.83. The molecular weight excluding hydrogens is 278 g/mol. The molecule has 114 valence electrons. The third kappa shape index (κ3) is 2.64. The molecule has 0 amide bonds. The maximum Gasteiger partial charge on any atom is 0.160 e. The Morgan fingerprint density at radius 2 is 2.27 bits per heavy atom. The van der Waals surface area contributed by atoms with Crippen LogP contribution in [0.4, 0.5) is 0 Å². The fourth-order valence-electron chi connectivity index (χ4n) is 3.11. The topological polar surface area (TPSA) is 53.1 Å². The van der Waals surface area contributed by atoms with Gasteiger partial charge in [-0.3, -0.25) is 0 Å². The first-order chi connectivity index (χ1) is 10.9. The number of fused-ring (bicyclic) bond motifs is 1. The summed E-state index contributed by atoms with van der Waals surface area (Å²) in [5, 5.41) is 0. The molecule has 1 aliphatic heterocycles. The van der Waals surface area contributed by atoms with Crippen LogP contribution in [0, 0.1) is 5.92 Å². The fraction of sp³-hybridized carbons (Fsp3) is 0.412. The Morgan fingerprint density at radius 3 is 3.09 bits per heavy atom. The van der Waals surface area contributed by atoms with Gasteiger partial charge in [0.15, 0.2) is 5.65 Å². The summed E-state index contributed by atoms with van der Waals surface area (Å²) in [5.41, 5.74) is 1.87. The molecule has 0 bridgehead atoms. The van der Waals surface area contributed by atoms with Gasteiger partial charge < -0.3 is 13.7 Å². The maximum atomic E-state index is 5.60. The minimum absolute atomic E-state index is 0.543. The van der Waals surface area contributed by atoms with Gasteiger partial charge in [0.25, 0.3) is 0 Å². The van der Waals surface area contributed by atoms with E-state index in [0.29, 0.717) is 12.5 Å². The summed E-state index contributed by atoms with van der Waals surface area (Å²) in [4.78, 5) is 9.29. The largest absolute Gasteiger partial charge is 0.467 e. The highest BCUT2D eigenvalue weighted by atomic mass is 16.5. The second kappa shape index (κ2) is 5.93. The molecule has 1 unspecified atom stereocenters. The molecule has 1 fully saturated rings. The third-order valence-corrected chi connectivity index (χ3v) is 4.20. The smallest absolute Gasteiger partial charge is 0.160 e. The molecule has 5 heteroatoms. The Morgan fingerprint density at radius 1 is 1.27 bits per heavy atom. The van der Waals surface area contributed by atoms with Crippen molar-refractivity contribution in [3.8, 4) is 0 Å². The molecular formula is C17H19N3O2. The number of furan rings is 1. The first-order valence-electron chi connectivity index (χ1n) is 7.80. The lowest BCUT2D eigenvalue weighted by molar-refractivity contribution is 0.0540.